The molecule has 140 valence electrons. The number of para-hydroxylation sites is 1. The molecule has 0 unspecified atom stereocenters. The average molecular weight is 363 g/mol. The number of aromatic nitrogens is 2. The Labute approximate surface area is 160 Å². The van der Waals surface area contributed by atoms with Crippen molar-refractivity contribution in [1.29, 1.82) is 0 Å². The summed E-state index contributed by atoms with van der Waals surface area (Å²) in [6.07, 6.45) is 3.20. The topological polar surface area (TPSA) is 39.5 Å². The fraction of sp³-hybridized carbons (Fsp3) is 0.318. The highest BCUT2D eigenvalue weighted by atomic mass is 16.5. The Bertz CT molecular complexity index is 868. The van der Waals surface area contributed by atoms with Crippen molar-refractivity contribution in [3.05, 3.63) is 66.4 Å². The van der Waals surface area contributed by atoms with E-state index in [9.17, 15) is 0 Å². The summed E-state index contributed by atoms with van der Waals surface area (Å²) in [7, 11) is 4.13. The summed E-state index contributed by atoms with van der Waals surface area (Å²) in [6, 6.07) is 18.4. The van der Waals surface area contributed by atoms with Crippen LogP contribution in [0.2, 0.25) is 0 Å². The van der Waals surface area contributed by atoms with E-state index in [0.29, 0.717) is 6.04 Å². The molecular formula is C22H25N3O2. The van der Waals surface area contributed by atoms with Gasteiger partial charge in [-0.05, 0) is 49.9 Å². The monoisotopic (exact) mass is 363 g/mol. The second kappa shape index (κ2) is 7.94. The van der Waals surface area contributed by atoms with Crippen LogP contribution in [0.25, 0.3) is 11.3 Å². The van der Waals surface area contributed by atoms with Crippen LogP contribution < -0.4 is 4.74 Å². The van der Waals surface area contributed by atoms with Gasteiger partial charge in [-0.1, -0.05) is 18.2 Å². The van der Waals surface area contributed by atoms with Crippen LogP contribution >= 0.6 is 0 Å². The molecule has 0 saturated carbocycles. The molecule has 1 fully saturated rings. The third-order valence-electron chi connectivity index (χ3n) is 4.96. The summed E-state index contributed by atoms with van der Waals surface area (Å²) in [5.41, 5.74) is 3.35. The average Bonchev–Trinajstić information content (AvgIpc) is 3.33. The molecule has 1 aliphatic rings. The third-order valence-corrected chi connectivity index (χ3v) is 4.96. The van der Waals surface area contributed by atoms with Gasteiger partial charge < -0.3 is 9.47 Å². The van der Waals surface area contributed by atoms with Crippen LogP contribution in [-0.2, 0) is 18.3 Å². The lowest BCUT2D eigenvalue weighted by molar-refractivity contribution is 0.156. The Hall–Kier alpha value is -2.63. The van der Waals surface area contributed by atoms with Crippen LogP contribution in [0, 0.1) is 0 Å². The summed E-state index contributed by atoms with van der Waals surface area (Å²) >= 11 is 0. The van der Waals surface area contributed by atoms with E-state index >= 15 is 0 Å². The second-order valence-electron chi connectivity index (χ2n) is 7.05. The first kappa shape index (κ1) is 17.8. The van der Waals surface area contributed by atoms with E-state index in [1.807, 2.05) is 54.2 Å². The molecule has 0 spiro atoms. The van der Waals surface area contributed by atoms with Crippen molar-refractivity contribution < 1.29 is 9.47 Å². The Morgan fingerprint density at radius 3 is 2.56 bits per heavy atom. The van der Waals surface area contributed by atoms with Crippen molar-refractivity contribution in [2.75, 3.05) is 20.3 Å². The zero-order valence-electron chi connectivity index (χ0n) is 15.8. The van der Waals surface area contributed by atoms with E-state index in [-0.39, 0.29) is 0 Å². The first-order valence-corrected chi connectivity index (χ1v) is 9.33. The van der Waals surface area contributed by atoms with Gasteiger partial charge in [0.1, 0.15) is 11.5 Å². The molecule has 0 bridgehead atoms. The van der Waals surface area contributed by atoms with Gasteiger partial charge in [-0.3, -0.25) is 9.58 Å². The Morgan fingerprint density at radius 1 is 1.11 bits per heavy atom. The van der Waals surface area contributed by atoms with Crippen LogP contribution in [0.4, 0.5) is 0 Å². The number of likely N-dealkylation sites (N-methyl/N-ethyl adjacent to an activating group) is 1. The second-order valence-corrected chi connectivity index (χ2v) is 7.05. The van der Waals surface area contributed by atoms with E-state index in [1.165, 1.54) is 5.56 Å². The van der Waals surface area contributed by atoms with Gasteiger partial charge in [0.15, 0.2) is 0 Å². The lowest BCUT2D eigenvalue weighted by Gasteiger charge is -2.22. The van der Waals surface area contributed by atoms with E-state index in [2.05, 4.69) is 30.3 Å². The fourth-order valence-electron chi connectivity index (χ4n) is 3.47. The van der Waals surface area contributed by atoms with Crippen molar-refractivity contribution in [2.24, 2.45) is 7.05 Å². The summed E-state index contributed by atoms with van der Waals surface area (Å²) in [5.74, 6) is 1.66. The summed E-state index contributed by atoms with van der Waals surface area (Å²) in [5, 5.41) is 4.69. The van der Waals surface area contributed by atoms with Crippen molar-refractivity contribution in [1.82, 2.24) is 14.7 Å². The Kier molecular flexibility index (Phi) is 5.23. The van der Waals surface area contributed by atoms with Crippen LogP contribution in [0.5, 0.6) is 11.5 Å². The van der Waals surface area contributed by atoms with E-state index in [0.717, 1.165) is 48.9 Å². The zero-order chi connectivity index (χ0) is 18.6. The molecule has 0 N–H and O–H groups in total. The Morgan fingerprint density at radius 2 is 1.85 bits per heavy atom. The maximum Gasteiger partial charge on any atom is 0.127 e. The molecule has 27 heavy (non-hydrogen) atoms. The molecule has 3 aromatic rings. The molecule has 1 saturated heterocycles. The SMILES string of the molecule is CN(Cc1cn(C)nc1-c1ccc(Oc2ccccc2)cc1)[C@@H]1CCOC1. The van der Waals surface area contributed by atoms with Gasteiger partial charge in [-0.25, -0.2) is 0 Å². The van der Waals surface area contributed by atoms with E-state index in [1.54, 1.807) is 0 Å². The predicted molar refractivity (Wildman–Crippen MR) is 106 cm³/mol. The number of benzene rings is 2. The lowest BCUT2D eigenvalue weighted by Crippen LogP contribution is -2.31. The number of rotatable bonds is 6. The molecular weight excluding hydrogens is 338 g/mol. The van der Waals surface area contributed by atoms with Crippen LogP contribution in [-0.4, -0.2) is 41.0 Å². The molecule has 0 radical (unpaired) electrons. The van der Waals surface area contributed by atoms with Crippen molar-refractivity contribution >= 4 is 0 Å². The number of hydrogen-bond acceptors (Lipinski definition) is 4. The first-order chi connectivity index (χ1) is 13.2. The first-order valence-electron chi connectivity index (χ1n) is 9.33. The van der Waals surface area contributed by atoms with Gasteiger partial charge in [-0.2, -0.15) is 5.10 Å². The minimum Gasteiger partial charge on any atom is -0.457 e. The lowest BCUT2D eigenvalue weighted by atomic mass is 10.1. The van der Waals surface area contributed by atoms with Gasteiger partial charge in [0.05, 0.1) is 12.3 Å². The number of nitrogens with zero attached hydrogens (tertiary/aromatic N) is 3. The maximum absolute atomic E-state index is 5.89. The summed E-state index contributed by atoms with van der Waals surface area (Å²) in [6.45, 7) is 2.54. The predicted octanol–water partition coefficient (Wildman–Crippen LogP) is 4.10. The van der Waals surface area contributed by atoms with Gasteiger partial charge >= 0.3 is 0 Å². The van der Waals surface area contributed by atoms with Gasteiger partial charge in [0.2, 0.25) is 0 Å². The molecule has 1 aromatic heterocycles. The maximum atomic E-state index is 5.89. The molecule has 2 aromatic carbocycles. The van der Waals surface area contributed by atoms with Crippen LogP contribution in [0.15, 0.2) is 60.8 Å². The molecule has 4 rings (SSSR count). The molecule has 2 heterocycles. The molecule has 0 aliphatic carbocycles. The summed E-state index contributed by atoms with van der Waals surface area (Å²) < 4.78 is 13.3. The highest BCUT2D eigenvalue weighted by molar-refractivity contribution is 5.63. The number of hydrogen-bond donors (Lipinski definition) is 0. The number of aryl methyl sites for hydroxylation is 1. The van der Waals surface area contributed by atoms with Gasteiger partial charge in [-0.15, -0.1) is 0 Å². The standard InChI is InChI=1S/C22H25N3O2/c1-24(19-12-13-26-16-19)14-18-15-25(2)23-22(18)17-8-10-21(11-9-17)27-20-6-4-3-5-7-20/h3-11,15,19H,12-14,16H2,1-2H3/t19-/m1/s1. The number of ether oxygens (including phenoxy) is 2. The van der Waals surface area contributed by atoms with E-state index < -0.39 is 0 Å². The van der Waals surface area contributed by atoms with Crippen LogP contribution in [0.1, 0.15) is 12.0 Å². The highest BCUT2D eigenvalue weighted by Gasteiger charge is 2.22. The molecule has 1 aliphatic heterocycles. The highest BCUT2D eigenvalue weighted by Crippen LogP contribution is 2.28. The van der Waals surface area contributed by atoms with E-state index in [4.69, 9.17) is 14.6 Å². The van der Waals surface area contributed by atoms with Gasteiger partial charge in [0, 0.05) is 43.6 Å². The molecule has 1 atom stereocenters. The van der Waals surface area contributed by atoms with Crippen molar-refractivity contribution in [3.63, 3.8) is 0 Å². The fourth-order valence-corrected chi connectivity index (χ4v) is 3.47. The van der Waals surface area contributed by atoms with Crippen molar-refractivity contribution in [3.8, 4) is 22.8 Å². The quantitative estimate of drug-likeness (QED) is 0.661. The summed E-state index contributed by atoms with van der Waals surface area (Å²) in [4.78, 5) is 2.36. The molecule has 5 nitrogen and oxygen atoms in total. The van der Waals surface area contributed by atoms with Crippen molar-refractivity contribution in [2.45, 2.75) is 19.0 Å². The minimum absolute atomic E-state index is 0.486. The Balaban J connectivity index is 1.51. The van der Waals surface area contributed by atoms with Gasteiger partial charge in [0.25, 0.3) is 0 Å². The molecule has 5 heteroatoms. The normalized spacial score (nSPS) is 16.8. The third kappa shape index (κ3) is 4.21. The zero-order valence-corrected chi connectivity index (χ0v) is 15.8. The molecule has 0 amide bonds. The largest absolute Gasteiger partial charge is 0.457 e. The minimum atomic E-state index is 0.486. The van der Waals surface area contributed by atoms with Crippen LogP contribution in [0.3, 0.4) is 0 Å². The smallest absolute Gasteiger partial charge is 0.127 e.